The lowest BCUT2D eigenvalue weighted by molar-refractivity contribution is -0.0601. The molecule has 1 aromatic rings. The third kappa shape index (κ3) is 2.88. The zero-order valence-corrected chi connectivity index (χ0v) is 14.6. The summed E-state index contributed by atoms with van der Waals surface area (Å²) < 4.78 is 0. The van der Waals surface area contributed by atoms with Gasteiger partial charge in [0.05, 0.1) is 6.61 Å². The van der Waals surface area contributed by atoms with Gasteiger partial charge in [0.15, 0.2) is 0 Å². The molecule has 0 radical (unpaired) electrons. The quantitative estimate of drug-likeness (QED) is 0.902. The topological polar surface area (TPSA) is 43.8 Å². The van der Waals surface area contributed by atoms with E-state index >= 15 is 0 Å². The van der Waals surface area contributed by atoms with E-state index < -0.39 is 0 Å². The van der Waals surface area contributed by atoms with Crippen molar-refractivity contribution in [2.24, 2.45) is 5.41 Å². The molecular weight excluding hydrogens is 312 g/mol. The second-order valence-corrected chi connectivity index (χ2v) is 7.44. The Morgan fingerprint density at radius 3 is 2.91 bits per heavy atom. The highest BCUT2D eigenvalue weighted by atomic mass is 35.5. The van der Waals surface area contributed by atoms with Crippen LogP contribution in [0.1, 0.15) is 35.2 Å². The zero-order chi connectivity index (χ0) is 16.6. The Balaban J connectivity index is 1.83. The van der Waals surface area contributed by atoms with Crippen LogP contribution in [-0.2, 0) is 0 Å². The molecule has 1 amide bonds. The van der Waals surface area contributed by atoms with E-state index in [0.29, 0.717) is 23.7 Å². The number of carbonyl (C=O) groups is 1. The molecule has 3 rings (SSSR count). The van der Waals surface area contributed by atoms with Crippen molar-refractivity contribution in [3.05, 3.63) is 34.3 Å². The van der Waals surface area contributed by atoms with Crippen LogP contribution in [0, 0.1) is 12.3 Å². The molecule has 2 heterocycles. The van der Waals surface area contributed by atoms with Crippen LogP contribution in [0.4, 0.5) is 0 Å². The highest BCUT2D eigenvalue weighted by molar-refractivity contribution is 6.31. The number of likely N-dealkylation sites (N-methyl/N-ethyl adjacent to an activating group) is 1. The lowest BCUT2D eigenvalue weighted by Crippen LogP contribution is -2.62. The van der Waals surface area contributed by atoms with Crippen molar-refractivity contribution in [3.63, 3.8) is 0 Å². The highest BCUT2D eigenvalue weighted by Crippen LogP contribution is 2.41. The number of hydrogen-bond acceptors (Lipinski definition) is 3. The molecule has 2 aliphatic rings. The van der Waals surface area contributed by atoms with Crippen LogP contribution in [-0.4, -0.2) is 60.1 Å². The Kier molecular flexibility index (Phi) is 4.68. The number of fused-ring (bicyclic) bond motifs is 1. The van der Waals surface area contributed by atoms with Crippen molar-refractivity contribution in [1.29, 1.82) is 0 Å². The summed E-state index contributed by atoms with van der Waals surface area (Å²) in [5.41, 5.74) is 1.48. The first-order chi connectivity index (χ1) is 11.0. The number of amides is 1. The molecule has 2 atom stereocenters. The third-order valence-corrected chi connectivity index (χ3v) is 6.21. The number of aliphatic hydroxyl groups excluding tert-OH is 1. The van der Waals surface area contributed by atoms with Gasteiger partial charge in [0.2, 0.25) is 0 Å². The summed E-state index contributed by atoms with van der Waals surface area (Å²) in [5, 5.41) is 10.6. The summed E-state index contributed by atoms with van der Waals surface area (Å²) in [6, 6.07) is 5.73. The van der Waals surface area contributed by atoms with Crippen LogP contribution in [0.5, 0.6) is 0 Å². The van der Waals surface area contributed by atoms with E-state index in [1.807, 2.05) is 30.0 Å². The van der Waals surface area contributed by atoms with E-state index in [-0.39, 0.29) is 24.0 Å². The molecule has 1 N–H and O–H groups in total. The molecule has 0 aliphatic carbocycles. The average Bonchev–Trinajstić information content (AvgIpc) is 2.57. The molecule has 0 bridgehead atoms. The molecular formula is C18H25ClN2O2. The first-order valence-corrected chi connectivity index (χ1v) is 8.72. The van der Waals surface area contributed by atoms with Gasteiger partial charge in [-0.05, 0) is 57.5 Å². The molecule has 0 aromatic heterocycles. The Bertz CT molecular complexity index is 607. The second-order valence-electron chi connectivity index (χ2n) is 7.03. The van der Waals surface area contributed by atoms with E-state index in [2.05, 4.69) is 11.9 Å². The van der Waals surface area contributed by atoms with Crippen molar-refractivity contribution < 1.29 is 9.90 Å². The van der Waals surface area contributed by atoms with Crippen molar-refractivity contribution >= 4 is 17.5 Å². The number of likely N-dealkylation sites (tertiary alicyclic amines) is 2. The number of benzene rings is 1. The molecule has 0 spiro atoms. The second kappa shape index (κ2) is 6.42. The summed E-state index contributed by atoms with van der Waals surface area (Å²) in [6.07, 6.45) is 3.04. The third-order valence-electron chi connectivity index (χ3n) is 5.80. The fraction of sp³-hybridized carbons (Fsp3) is 0.611. The average molecular weight is 337 g/mol. The minimum Gasteiger partial charge on any atom is -0.396 e. The van der Waals surface area contributed by atoms with Crippen LogP contribution in [0.3, 0.4) is 0 Å². The van der Waals surface area contributed by atoms with Crippen molar-refractivity contribution in [1.82, 2.24) is 9.80 Å². The maximum atomic E-state index is 12.9. The number of piperidine rings is 2. The van der Waals surface area contributed by atoms with Crippen molar-refractivity contribution in [2.45, 2.75) is 32.2 Å². The monoisotopic (exact) mass is 336 g/mol. The van der Waals surface area contributed by atoms with Gasteiger partial charge in [-0.1, -0.05) is 17.7 Å². The Hall–Kier alpha value is -1.10. The molecule has 2 fully saturated rings. The fourth-order valence-corrected chi connectivity index (χ4v) is 4.38. The van der Waals surface area contributed by atoms with E-state index in [1.165, 1.54) is 0 Å². The normalized spacial score (nSPS) is 28.5. The first kappa shape index (κ1) is 16.7. The van der Waals surface area contributed by atoms with Gasteiger partial charge in [-0.15, -0.1) is 0 Å². The van der Waals surface area contributed by atoms with Crippen molar-refractivity contribution in [3.8, 4) is 0 Å². The zero-order valence-electron chi connectivity index (χ0n) is 13.9. The van der Waals surface area contributed by atoms with Gasteiger partial charge >= 0.3 is 0 Å². The minimum atomic E-state index is -0.0485. The maximum absolute atomic E-state index is 12.9. The summed E-state index contributed by atoms with van der Waals surface area (Å²) >= 11 is 6.16. The number of nitrogens with zero attached hydrogens (tertiary/aromatic N) is 2. The smallest absolute Gasteiger partial charge is 0.254 e. The Morgan fingerprint density at radius 1 is 1.39 bits per heavy atom. The fourth-order valence-electron chi connectivity index (χ4n) is 4.21. The Labute approximate surface area is 143 Å². The summed E-state index contributed by atoms with van der Waals surface area (Å²) in [5.74, 6) is 0.0514. The molecule has 0 unspecified atom stereocenters. The lowest BCUT2D eigenvalue weighted by atomic mass is 9.69. The van der Waals surface area contributed by atoms with E-state index in [0.717, 1.165) is 31.4 Å². The van der Waals surface area contributed by atoms with E-state index in [9.17, 15) is 9.90 Å². The number of halogens is 1. The first-order valence-electron chi connectivity index (χ1n) is 8.34. The van der Waals surface area contributed by atoms with Crippen molar-refractivity contribution in [2.75, 3.05) is 33.3 Å². The minimum absolute atomic E-state index is 0.0485. The van der Waals surface area contributed by atoms with Crippen LogP contribution in [0.25, 0.3) is 0 Å². The summed E-state index contributed by atoms with van der Waals surface area (Å²) in [6.45, 7) is 4.52. The Morgan fingerprint density at radius 2 is 2.17 bits per heavy atom. The molecule has 0 saturated carbocycles. The maximum Gasteiger partial charge on any atom is 0.254 e. The van der Waals surface area contributed by atoms with Gasteiger partial charge in [-0.2, -0.15) is 0 Å². The molecule has 1 aromatic carbocycles. The highest BCUT2D eigenvalue weighted by Gasteiger charge is 2.47. The number of rotatable bonds is 2. The van der Waals surface area contributed by atoms with Crippen LogP contribution in [0.15, 0.2) is 18.2 Å². The van der Waals surface area contributed by atoms with Gasteiger partial charge in [-0.25, -0.2) is 0 Å². The van der Waals surface area contributed by atoms with Crippen LogP contribution in [0.2, 0.25) is 5.02 Å². The summed E-state index contributed by atoms with van der Waals surface area (Å²) in [7, 11) is 2.10. The molecule has 5 heteroatoms. The molecule has 126 valence electrons. The molecule has 23 heavy (non-hydrogen) atoms. The molecule has 4 nitrogen and oxygen atoms in total. The van der Waals surface area contributed by atoms with Gasteiger partial charge in [0.1, 0.15) is 0 Å². The predicted octanol–water partition coefficient (Wildman–Crippen LogP) is 2.57. The number of aliphatic hydroxyl groups is 1. The lowest BCUT2D eigenvalue weighted by Gasteiger charge is -2.53. The van der Waals surface area contributed by atoms with E-state index in [1.54, 1.807) is 0 Å². The number of hydrogen-bond donors (Lipinski definition) is 1. The summed E-state index contributed by atoms with van der Waals surface area (Å²) in [4.78, 5) is 17.2. The van der Waals surface area contributed by atoms with E-state index in [4.69, 9.17) is 11.6 Å². The van der Waals surface area contributed by atoms with Gasteiger partial charge in [0, 0.05) is 35.1 Å². The number of carbonyl (C=O) groups excluding carboxylic acids is 1. The van der Waals surface area contributed by atoms with Gasteiger partial charge in [0.25, 0.3) is 5.91 Å². The van der Waals surface area contributed by atoms with Crippen LogP contribution < -0.4 is 0 Å². The SMILES string of the molecule is Cc1c(Cl)cccc1C(=O)N1CC[C@@]2(CO)CCCN(C)[C@@H]2C1. The standard InChI is InChI=1S/C18H25ClN2O2/c1-13-14(5-3-6-15(13)19)17(23)21-10-8-18(12-22)7-4-9-20(2)16(18)11-21/h3,5-6,16,22H,4,7-12H2,1-2H3/t16-,18-/m1/s1. The van der Waals surface area contributed by atoms with Crippen LogP contribution >= 0.6 is 11.6 Å². The predicted molar refractivity (Wildman–Crippen MR) is 91.9 cm³/mol. The largest absolute Gasteiger partial charge is 0.396 e. The van der Waals surface area contributed by atoms with Gasteiger partial charge in [-0.3, -0.25) is 4.79 Å². The van der Waals surface area contributed by atoms with Gasteiger partial charge < -0.3 is 14.9 Å². The molecule has 2 aliphatic heterocycles. The molecule has 2 saturated heterocycles.